The number of benzene rings is 5. The third kappa shape index (κ3) is 3.67. The average molecular weight is 497 g/mol. The summed E-state index contributed by atoms with van der Waals surface area (Å²) in [6.07, 6.45) is 0.895. The van der Waals surface area contributed by atoms with E-state index in [2.05, 4.69) is 143 Å². The van der Waals surface area contributed by atoms with Crippen LogP contribution in [0.1, 0.15) is 38.9 Å². The van der Waals surface area contributed by atoms with Gasteiger partial charge in [0.2, 0.25) is 0 Å². The van der Waals surface area contributed by atoms with Crippen LogP contribution in [0.2, 0.25) is 0 Å². The lowest BCUT2D eigenvalue weighted by molar-refractivity contribution is 0.432. The van der Waals surface area contributed by atoms with Gasteiger partial charge in [-0.3, -0.25) is 0 Å². The molecule has 2 heteroatoms. The van der Waals surface area contributed by atoms with Crippen LogP contribution in [0.4, 0.5) is 11.4 Å². The van der Waals surface area contributed by atoms with Gasteiger partial charge in [0, 0.05) is 30.2 Å². The maximum atomic E-state index is 3.81. The molecule has 0 aliphatic heterocycles. The Morgan fingerprint density at radius 2 is 1.32 bits per heavy atom. The summed E-state index contributed by atoms with van der Waals surface area (Å²) in [7, 11) is 4.31. The highest BCUT2D eigenvalue weighted by molar-refractivity contribution is 6.03. The first kappa shape index (κ1) is 24.5. The van der Waals surface area contributed by atoms with E-state index in [9.17, 15) is 0 Å². The topological polar surface area (TPSA) is 15.3 Å². The van der Waals surface area contributed by atoms with Gasteiger partial charge in [0.1, 0.15) is 0 Å². The second-order valence-corrected chi connectivity index (χ2v) is 11.0. The Morgan fingerprint density at radius 3 is 2.03 bits per heavy atom. The van der Waals surface area contributed by atoms with Crippen LogP contribution in [0.3, 0.4) is 0 Å². The van der Waals surface area contributed by atoms with Gasteiger partial charge in [0.15, 0.2) is 0 Å². The Balaban J connectivity index is 1.62. The van der Waals surface area contributed by atoms with Gasteiger partial charge >= 0.3 is 0 Å². The van der Waals surface area contributed by atoms with E-state index < -0.39 is 0 Å². The van der Waals surface area contributed by atoms with Crippen molar-refractivity contribution in [3.63, 3.8) is 0 Å². The Bertz CT molecular complexity index is 1700. The van der Waals surface area contributed by atoms with Crippen LogP contribution in [-0.2, 0) is 12.0 Å². The lowest BCUT2D eigenvalue weighted by atomic mass is 9.68. The maximum Gasteiger partial charge on any atom is 0.0735 e. The molecular formula is C36H36N2. The van der Waals surface area contributed by atoms with Crippen molar-refractivity contribution in [2.24, 2.45) is 0 Å². The van der Waals surface area contributed by atoms with Crippen LogP contribution >= 0.6 is 0 Å². The molecule has 6 rings (SSSR count). The fraction of sp³-hybridized carbons (Fsp3) is 0.222. The lowest BCUT2D eigenvalue weighted by Crippen LogP contribution is -2.45. The summed E-state index contributed by atoms with van der Waals surface area (Å²) in [6, 6.07) is 34.0. The second kappa shape index (κ2) is 9.15. The van der Waals surface area contributed by atoms with E-state index in [-0.39, 0.29) is 5.54 Å². The summed E-state index contributed by atoms with van der Waals surface area (Å²) in [6.45, 7) is 8.78. The minimum atomic E-state index is -0.299. The molecule has 0 fully saturated rings. The van der Waals surface area contributed by atoms with E-state index in [1.54, 1.807) is 0 Å². The van der Waals surface area contributed by atoms with Crippen molar-refractivity contribution >= 4 is 22.1 Å². The molecule has 5 aromatic rings. The molecule has 1 aliphatic rings. The van der Waals surface area contributed by atoms with Gasteiger partial charge in [-0.1, -0.05) is 72.8 Å². The SMILES string of the molecule is CNC1(c2ccc(C)c(C)c2)Cc2c(cc(N(C)c3ccc(C)c(C)c3)c3ccccc23)-c2ccccc21. The van der Waals surface area contributed by atoms with Gasteiger partial charge in [0.25, 0.3) is 0 Å². The van der Waals surface area contributed by atoms with Gasteiger partial charge < -0.3 is 10.2 Å². The summed E-state index contributed by atoms with van der Waals surface area (Å²) < 4.78 is 0. The van der Waals surface area contributed by atoms with Crippen LogP contribution in [0.15, 0.2) is 91.0 Å². The van der Waals surface area contributed by atoms with Crippen LogP contribution in [0, 0.1) is 27.7 Å². The van der Waals surface area contributed by atoms with Gasteiger partial charge in [-0.15, -0.1) is 0 Å². The molecule has 5 aromatic carbocycles. The molecule has 0 amide bonds. The fourth-order valence-corrected chi connectivity index (χ4v) is 6.28. The van der Waals surface area contributed by atoms with Gasteiger partial charge in [-0.05, 0) is 108 Å². The molecular weight excluding hydrogens is 460 g/mol. The smallest absolute Gasteiger partial charge is 0.0735 e. The number of hydrogen-bond donors (Lipinski definition) is 1. The highest BCUT2D eigenvalue weighted by Gasteiger charge is 2.40. The Labute approximate surface area is 227 Å². The third-order valence-corrected chi connectivity index (χ3v) is 8.92. The third-order valence-electron chi connectivity index (χ3n) is 8.92. The number of anilines is 2. The number of aryl methyl sites for hydroxylation is 4. The molecule has 1 aliphatic carbocycles. The standard InChI is InChI=1S/C36H36N2/c1-23-15-17-27(19-25(23)3)36(37-5)22-33-29-11-7-8-13-31(29)35(21-32(33)30-12-9-10-14-34(30)36)38(6)28-18-16-24(2)26(4)20-28/h7-21,37H,22H2,1-6H3. The summed E-state index contributed by atoms with van der Waals surface area (Å²) in [4.78, 5) is 2.35. The highest BCUT2D eigenvalue weighted by atomic mass is 15.1. The van der Waals surface area contributed by atoms with Crippen molar-refractivity contribution in [2.75, 3.05) is 19.0 Å². The van der Waals surface area contributed by atoms with Gasteiger partial charge in [-0.2, -0.15) is 0 Å². The molecule has 1 atom stereocenters. The van der Waals surface area contributed by atoms with E-state index in [1.807, 2.05) is 0 Å². The maximum absolute atomic E-state index is 3.81. The van der Waals surface area contributed by atoms with Crippen molar-refractivity contribution in [1.82, 2.24) is 5.32 Å². The summed E-state index contributed by atoms with van der Waals surface area (Å²) >= 11 is 0. The first-order valence-corrected chi connectivity index (χ1v) is 13.6. The largest absolute Gasteiger partial charge is 0.344 e. The second-order valence-electron chi connectivity index (χ2n) is 11.0. The summed E-state index contributed by atoms with van der Waals surface area (Å²) in [5.41, 5.74) is 14.1. The average Bonchev–Trinajstić information content (AvgIpc) is 2.94. The summed E-state index contributed by atoms with van der Waals surface area (Å²) in [5.74, 6) is 0. The number of rotatable bonds is 4. The van der Waals surface area contributed by atoms with E-state index >= 15 is 0 Å². The molecule has 0 saturated heterocycles. The molecule has 2 nitrogen and oxygen atoms in total. The number of likely N-dealkylation sites (N-methyl/N-ethyl adjacent to an activating group) is 1. The number of hydrogen-bond acceptors (Lipinski definition) is 2. The van der Waals surface area contributed by atoms with Gasteiger partial charge in [-0.25, -0.2) is 0 Å². The van der Waals surface area contributed by atoms with E-state index in [4.69, 9.17) is 0 Å². The minimum Gasteiger partial charge on any atom is -0.344 e. The van der Waals surface area contributed by atoms with E-state index in [0.717, 1.165) is 6.42 Å². The molecule has 1 N–H and O–H groups in total. The highest BCUT2D eigenvalue weighted by Crippen LogP contribution is 2.50. The van der Waals surface area contributed by atoms with E-state index in [1.165, 1.54) is 72.2 Å². The number of fused-ring (bicyclic) bond motifs is 5. The lowest BCUT2D eigenvalue weighted by Gasteiger charge is -2.42. The van der Waals surface area contributed by atoms with Crippen molar-refractivity contribution in [3.8, 4) is 11.1 Å². The minimum absolute atomic E-state index is 0.299. The number of nitrogens with zero attached hydrogens (tertiary/aromatic N) is 1. The molecule has 38 heavy (non-hydrogen) atoms. The van der Waals surface area contributed by atoms with Crippen molar-refractivity contribution in [3.05, 3.63) is 130 Å². The first-order chi connectivity index (χ1) is 18.3. The zero-order chi connectivity index (χ0) is 26.6. The van der Waals surface area contributed by atoms with Crippen molar-refractivity contribution in [2.45, 2.75) is 39.7 Å². The molecule has 0 heterocycles. The molecule has 0 radical (unpaired) electrons. The quantitative estimate of drug-likeness (QED) is 0.268. The zero-order valence-corrected chi connectivity index (χ0v) is 23.3. The fourth-order valence-electron chi connectivity index (χ4n) is 6.28. The predicted octanol–water partition coefficient (Wildman–Crippen LogP) is 8.53. The zero-order valence-electron chi connectivity index (χ0n) is 23.3. The van der Waals surface area contributed by atoms with Crippen LogP contribution in [0.5, 0.6) is 0 Å². The molecule has 0 spiro atoms. The summed E-state index contributed by atoms with van der Waals surface area (Å²) in [5, 5.41) is 6.42. The Kier molecular flexibility index (Phi) is 5.89. The van der Waals surface area contributed by atoms with Crippen LogP contribution in [-0.4, -0.2) is 14.1 Å². The van der Waals surface area contributed by atoms with Crippen LogP contribution in [0.25, 0.3) is 21.9 Å². The molecule has 0 saturated carbocycles. The molecule has 190 valence electrons. The first-order valence-electron chi connectivity index (χ1n) is 13.6. The van der Waals surface area contributed by atoms with Crippen LogP contribution < -0.4 is 10.2 Å². The Hall–Kier alpha value is -3.88. The monoisotopic (exact) mass is 496 g/mol. The van der Waals surface area contributed by atoms with E-state index in [0.29, 0.717) is 0 Å². The predicted molar refractivity (Wildman–Crippen MR) is 163 cm³/mol. The van der Waals surface area contributed by atoms with Crippen molar-refractivity contribution < 1.29 is 0 Å². The number of nitrogens with one attached hydrogen (secondary N) is 1. The molecule has 1 unspecified atom stereocenters. The normalized spacial score (nSPS) is 16.3. The van der Waals surface area contributed by atoms with Gasteiger partial charge in [0.05, 0.1) is 5.54 Å². The molecule has 0 bridgehead atoms. The Morgan fingerprint density at radius 1 is 0.658 bits per heavy atom. The molecule has 0 aromatic heterocycles. The van der Waals surface area contributed by atoms with Crippen molar-refractivity contribution in [1.29, 1.82) is 0 Å².